The van der Waals surface area contributed by atoms with Gasteiger partial charge in [0.25, 0.3) is 0 Å². The second kappa shape index (κ2) is 3.83. The first-order valence-electron chi connectivity index (χ1n) is 4.04. The Morgan fingerprint density at radius 1 is 1.07 bits per heavy atom. The molecule has 1 heterocycles. The number of ether oxygens (including phenoxy) is 1. The van der Waals surface area contributed by atoms with Gasteiger partial charge in [-0.2, -0.15) is 0 Å². The molecule has 0 fully saturated rings. The molecule has 14 heavy (non-hydrogen) atoms. The lowest BCUT2D eigenvalue weighted by Gasteiger charge is -2.02. The van der Waals surface area contributed by atoms with Crippen molar-refractivity contribution in [2.45, 2.75) is 0 Å². The van der Waals surface area contributed by atoms with Crippen molar-refractivity contribution in [1.82, 2.24) is 9.97 Å². The Bertz CT molecular complexity index is 402. The van der Waals surface area contributed by atoms with Crippen molar-refractivity contribution >= 4 is 0 Å². The number of hydrogen-bond acceptors (Lipinski definition) is 3. The summed E-state index contributed by atoms with van der Waals surface area (Å²) < 4.78 is 17.8. The minimum atomic E-state index is -0.295. The smallest absolute Gasteiger partial charge is 0.237 e. The molecule has 0 atom stereocenters. The van der Waals surface area contributed by atoms with Gasteiger partial charge < -0.3 is 4.74 Å². The van der Waals surface area contributed by atoms with E-state index in [2.05, 4.69) is 9.97 Å². The molecule has 2 aromatic rings. The molecule has 70 valence electrons. The van der Waals surface area contributed by atoms with Crippen LogP contribution in [0.2, 0.25) is 0 Å². The van der Waals surface area contributed by atoms with Crippen molar-refractivity contribution in [3.63, 3.8) is 0 Å². The predicted octanol–water partition coefficient (Wildman–Crippen LogP) is 2.41. The standard InChI is InChI=1S/C10H7FN2O/c11-8-1-3-9(4-2-8)14-10-7-12-5-6-13-10/h1-7H. The lowest BCUT2D eigenvalue weighted by atomic mass is 10.3. The monoisotopic (exact) mass is 190 g/mol. The van der Waals surface area contributed by atoms with Crippen molar-refractivity contribution in [1.29, 1.82) is 0 Å². The lowest BCUT2D eigenvalue weighted by molar-refractivity contribution is 0.458. The molecule has 4 heteroatoms. The van der Waals surface area contributed by atoms with E-state index in [1.807, 2.05) is 0 Å². The summed E-state index contributed by atoms with van der Waals surface area (Å²) in [5.74, 6) is 0.627. The van der Waals surface area contributed by atoms with E-state index in [-0.39, 0.29) is 5.82 Å². The maximum atomic E-state index is 12.5. The van der Waals surface area contributed by atoms with Crippen LogP contribution in [0.4, 0.5) is 4.39 Å². The van der Waals surface area contributed by atoms with Gasteiger partial charge in [-0.3, -0.25) is 4.98 Å². The molecule has 0 aliphatic carbocycles. The van der Waals surface area contributed by atoms with Crippen LogP contribution in [0, 0.1) is 5.82 Å². The van der Waals surface area contributed by atoms with Gasteiger partial charge in [-0.15, -0.1) is 0 Å². The Hall–Kier alpha value is -1.97. The van der Waals surface area contributed by atoms with E-state index in [1.165, 1.54) is 36.7 Å². The van der Waals surface area contributed by atoms with Gasteiger partial charge in [-0.1, -0.05) is 0 Å². The second-order valence-electron chi connectivity index (χ2n) is 2.60. The summed E-state index contributed by atoms with van der Waals surface area (Å²) in [6.45, 7) is 0. The number of aromatic nitrogens is 2. The number of halogens is 1. The molecule has 0 bridgehead atoms. The minimum Gasteiger partial charge on any atom is -0.438 e. The first kappa shape index (κ1) is 8.62. The number of nitrogens with zero attached hydrogens (tertiary/aromatic N) is 2. The van der Waals surface area contributed by atoms with Crippen molar-refractivity contribution in [2.24, 2.45) is 0 Å². The number of rotatable bonds is 2. The van der Waals surface area contributed by atoms with Crippen LogP contribution < -0.4 is 4.74 Å². The van der Waals surface area contributed by atoms with Gasteiger partial charge in [0.2, 0.25) is 5.88 Å². The van der Waals surface area contributed by atoms with Crippen molar-refractivity contribution in [3.8, 4) is 11.6 Å². The fourth-order valence-electron chi connectivity index (χ4n) is 0.962. The molecule has 0 amide bonds. The molecule has 3 nitrogen and oxygen atoms in total. The molecule has 0 unspecified atom stereocenters. The van der Waals surface area contributed by atoms with Crippen LogP contribution in [-0.2, 0) is 0 Å². The van der Waals surface area contributed by atoms with E-state index < -0.39 is 0 Å². The zero-order valence-corrected chi connectivity index (χ0v) is 7.22. The van der Waals surface area contributed by atoms with Gasteiger partial charge in [0.05, 0.1) is 6.20 Å². The van der Waals surface area contributed by atoms with Crippen LogP contribution in [-0.4, -0.2) is 9.97 Å². The molecular formula is C10H7FN2O. The first-order valence-corrected chi connectivity index (χ1v) is 4.04. The third kappa shape index (κ3) is 2.04. The molecular weight excluding hydrogens is 183 g/mol. The Morgan fingerprint density at radius 2 is 1.86 bits per heavy atom. The van der Waals surface area contributed by atoms with Gasteiger partial charge in [-0.05, 0) is 24.3 Å². The predicted molar refractivity (Wildman–Crippen MR) is 48.5 cm³/mol. The largest absolute Gasteiger partial charge is 0.438 e. The number of benzene rings is 1. The Kier molecular flexibility index (Phi) is 2.36. The molecule has 0 radical (unpaired) electrons. The molecule has 0 saturated heterocycles. The van der Waals surface area contributed by atoms with Crippen LogP contribution in [0.15, 0.2) is 42.9 Å². The molecule has 0 aliphatic heterocycles. The average molecular weight is 190 g/mol. The Balaban J connectivity index is 2.16. The maximum absolute atomic E-state index is 12.5. The second-order valence-corrected chi connectivity index (χ2v) is 2.60. The maximum Gasteiger partial charge on any atom is 0.237 e. The quantitative estimate of drug-likeness (QED) is 0.729. The lowest BCUT2D eigenvalue weighted by Crippen LogP contribution is -1.87. The van der Waals surface area contributed by atoms with Gasteiger partial charge in [0.15, 0.2) is 0 Å². The van der Waals surface area contributed by atoms with Gasteiger partial charge in [0.1, 0.15) is 11.6 Å². The summed E-state index contributed by atoms with van der Waals surface area (Å²) in [7, 11) is 0. The minimum absolute atomic E-state index is 0.295. The normalized spacial score (nSPS) is 9.79. The van der Waals surface area contributed by atoms with Crippen LogP contribution in [0.5, 0.6) is 11.6 Å². The fourth-order valence-corrected chi connectivity index (χ4v) is 0.962. The highest BCUT2D eigenvalue weighted by molar-refractivity contribution is 5.25. The zero-order valence-electron chi connectivity index (χ0n) is 7.22. The molecule has 0 N–H and O–H groups in total. The SMILES string of the molecule is Fc1ccc(Oc2cnccn2)cc1. The topological polar surface area (TPSA) is 35.0 Å². The van der Waals surface area contributed by atoms with Crippen molar-refractivity contribution < 1.29 is 9.13 Å². The van der Waals surface area contributed by atoms with Crippen LogP contribution >= 0.6 is 0 Å². The van der Waals surface area contributed by atoms with Crippen molar-refractivity contribution in [3.05, 3.63) is 48.7 Å². The summed E-state index contributed by atoms with van der Waals surface area (Å²) in [6.07, 6.45) is 4.57. The first-order chi connectivity index (χ1) is 6.84. The summed E-state index contributed by atoms with van der Waals surface area (Å²) >= 11 is 0. The molecule has 1 aromatic heterocycles. The molecule has 2 rings (SSSR count). The zero-order chi connectivity index (χ0) is 9.80. The van der Waals surface area contributed by atoms with Crippen LogP contribution in [0.25, 0.3) is 0 Å². The van der Waals surface area contributed by atoms with E-state index in [0.717, 1.165) is 0 Å². The van der Waals surface area contributed by atoms with E-state index >= 15 is 0 Å². The van der Waals surface area contributed by atoms with Gasteiger partial charge in [0, 0.05) is 12.4 Å². The number of hydrogen-bond donors (Lipinski definition) is 0. The summed E-state index contributed by atoms with van der Waals surface area (Å²) in [5, 5.41) is 0. The van der Waals surface area contributed by atoms with Crippen LogP contribution in [0.1, 0.15) is 0 Å². The summed E-state index contributed by atoms with van der Waals surface area (Å²) in [5.41, 5.74) is 0. The van der Waals surface area contributed by atoms with E-state index in [1.54, 1.807) is 6.20 Å². The highest BCUT2D eigenvalue weighted by atomic mass is 19.1. The highest BCUT2D eigenvalue weighted by Crippen LogP contribution is 2.17. The Labute approximate surface area is 80.2 Å². The van der Waals surface area contributed by atoms with Gasteiger partial charge in [-0.25, -0.2) is 9.37 Å². The summed E-state index contributed by atoms with van der Waals surface area (Å²) in [4.78, 5) is 7.75. The average Bonchev–Trinajstić information content (AvgIpc) is 2.23. The Morgan fingerprint density at radius 3 is 2.50 bits per heavy atom. The van der Waals surface area contributed by atoms with E-state index in [4.69, 9.17) is 4.74 Å². The molecule has 0 spiro atoms. The summed E-state index contributed by atoms with van der Waals surface area (Å²) in [6, 6.07) is 5.71. The molecule has 0 saturated carbocycles. The third-order valence-electron chi connectivity index (χ3n) is 1.58. The van der Waals surface area contributed by atoms with Crippen LogP contribution in [0.3, 0.4) is 0 Å². The molecule has 0 aliphatic rings. The fraction of sp³-hybridized carbons (Fsp3) is 0. The van der Waals surface area contributed by atoms with E-state index in [9.17, 15) is 4.39 Å². The highest BCUT2D eigenvalue weighted by Gasteiger charge is 1.97. The van der Waals surface area contributed by atoms with Crippen molar-refractivity contribution in [2.75, 3.05) is 0 Å². The third-order valence-corrected chi connectivity index (χ3v) is 1.58. The van der Waals surface area contributed by atoms with E-state index in [0.29, 0.717) is 11.6 Å². The van der Waals surface area contributed by atoms with Gasteiger partial charge >= 0.3 is 0 Å². The molecule has 1 aromatic carbocycles.